The molecule has 3 rings (SSSR count). The van der Waals surface area contributed by atoms with Crippen molar-refractivity contribution in [2.45, 2.75) is 26.4 Å². The Balaban J connectivity index is 1.78. The molecule has 0 spiro atoms. The van der Waals surface area contributed by atoms with E-state index in [1.807, 2.05) is 36.4 Å². The fourth-order valence-electron chi connectivity index (χ4n) is 2.99. The lowest BCUT2D eigenvalue weighted by Gasteiger charge is -2.21. The van der Waals surface area contributed by atoms with Crippen LogP contribution in [0.4, 0.5) is 0 Å². The van der Waals surface area contributed by atoms with Gasteiger partial charge < -0.3 is 19.8 Å². The summed E-state index contributed by atoms with van der Waals surface area (Å²) >= 11 is 0. The van der Waals surface area contributed by atoms with E-state index in [1.54, 1.807) is 14.2 Å². The summed E-state index contributed by atoms with van der Waals surface area (Å²) in [7, 11) is 3.30. The van der Waals surface area contributed by atoms with Gasteiger partial charge in [-0.3, -0.25) is 0 Å². The lowest BCUT2D eigenvalue weighted by atomic mass is 10.0. The van der Waals surface area contributed by atoms with Gasteiger partial charge in [-0.2, -0.15) is 0 Å². The molecule has 1 atom stereocenters. The molecule has 0 bridgehead atoms. The number of imidazole rings is 1. The molecule has 0 aliphatic carbocycles. The van der Waals surface area contributed by atoms with E-state index in [0.29, 0.717) is 5.92 Å². The summed E-state index contributed by atoms with van der Waals surface area (Å²) in [5, 5.41) is 3.61. The van der Waals surface area contributed by atoms with Gasteiger partial charge in [-0.05, 0) is 35.7 Å². The third-order valence-electron chi connectivity index (χ3n) is 4.34. The Kier molecular flexibility index (Phi) is 5.24. The Morgan fingerprint density at radius 3 is 2.48 bits per heavy atom. The van der Waals surface area contributed by atoms with E-state index in [0.717, 1.165) is 40.5 Å². The molecule has 1 heterocycles. The molecule has 0 amide bonds. The van der Waals surface area contributed by atoms with Crippen molar-refractivity contribution in [3.8, 4) is 11.5 Å². The summed E-state index contributed by atoms with van der Waals surface area (Å²) in [6.07, 6.45) is 0. The second-order valence-electron chi connectivity index (χ2n) is 6.43. The fraction of sp³-hybridized carbons (Fsp3) is 0.350. The van der Waals surface area contributed by atoms with E-state index in [-0.39, 0.29) is 6.04 Å². The Hall–Kier alpha value is -2.53. The Morgan fingerprint density at radius 2 is 1.80 bits per heavy atom. The summed E-state index contributed by atoms with van der Waals surface area (Å²) in [6, 6.07) is 14.2. The van der Waals surface area contributed by atoms with Crippen LogP contribution in [-0.2, 0) is 6.54 Å². The maximum Gasteiger partial charge on any atom is 0.161 e. The molecule has 132 valence electrons. The van der Waals surface area contributed by atoms with Crippen molar-refractivity contribution in [1.29, 1.82) is 0 Å². The molecule has 0 aliphatic rings. The maximum absolute atomic E-state index is 5.38. The minimum Gasteiger partial charge on any atom is -0.493 e. The van der Waals surface area contributed by atoms with Crippen LogP contribution in [0.25, 0.3) is 11.0 Å². The van der Waals surface area contributed by atoms with Crippen molar-refractivity contribution in [1.82, 2.24) is 15.3 Å². The highest BCUT2D eigenvalue weighted by Gasteiger charge is 2.19. The first-order chi connectivity index (χ1) is 12.1. The average Bonchev–Trinajstić information content (AvgIpc) is 3.05. The number of nitrogens with zero attached hydrogens (tertiary/aromatic N) is 1. The van der Waals surface area contributed by atoms with Gasteiger partial charge in [0.05, 0.1) is 31.3 Å². The number of methoxy groups -OCH3 is 2. The van der Waals surface area contributed by atoms with Gasteiger partial charge in [0.15, 0.2) is 11.5 Å². The fourth-order valence-corrected chi connectivity index (χ4v) is 2.99. The molecule has 0 saturated carbocycles. The number of fused-ring (bicyclic) bond motifs is 1. The third kappa shape index (κ3) is 3.77. The number of ether oxygens (including phenoxy) is 2. The minimum absolute atomic E-state index is 0.139. The number of hydrogen-bond acceptors (Lipinski definition) is 4. The van der Waals surface area contributed by atoms with E-state index in [2.05, 4.69) is 30.2 Å². The molecule has 0 fully saturated rings. The summed E-state index contributed by atoms with van der Waals surface area (Å²) < 4.78 is 10.7. The van der Waals surface area contributed by atoms with Crippen LogP contribution in [0.2, 0.25) is 0 Å². The van der Waals surface area contributed by atoms with Gasteiger partial charge in [-0.1, -0.05) is 32.0 Å². The number of para-hydroxylation sites is 2. The van der Waals surface area contributed by atoms with Crippen LogP contribution in [0.15, 0.2) is 42.5 Å². The van der Waals surface area contributed by atoms with Crippen LogP contribution >= 0.6 is 0 Å². The van der Waals surface area contributed by atoms with E-state index in [4.69, 9.17) is 14.5 Å². The number of rotatable bonds is 7. The number of nitrogens with one attached hydrogen (secondary N) is 2. The van der Waals surface area contributed by atoms with Gasteiger partial charge in [-0.25, -0.2) is 4.98 Å². The highest BCUT2D eigenvalue weighted by atomic mass is 16.5. The molecule has 0 saturated heterocycles. The second-order valence-corrected chi connectivity index (χ2v) is 6.43. The topological polar surface area (TPSA) is 59.2 Å². The van der Waals surface area contributed by atoms with E-state index < -0.39 is 0 Å². The predicted octanol–water partition coefficient (Wildman–Crippen LogP) is 4.07. The molecule has 3 aromatic rings. The average molecular weight is 339 g/mol. The van der Waals surface area contributed by atoms with E-state index in [9.17, 15) is 0 Å². The molecule has 1 aromatic heterocycles. The second kappa shape index (κ2) is 7.57. The molecule has 0 radical (unpaired) electrons. The van der Waals surface area contributed by atoms with Crippen LogP contribution < -0.4 is 14.8 Å². The zero-order chi connectivity index (χ0) is 17.8. The van der Waals surface area contributed by atoms with Crippen LogP contribution in [0.1, 0.15) is 31.3 Å². The van der Waals surface area contributed by atoms with E-state index in [1.165, 1.54) is 0 Å². The highest BCUT2D eigenvalue weighted by molar-refractivity contribution is 5.74. The third-order valence-corrected chi connectivity index (χ3v) is 4.34. The van der Waals surface area contributed by atoms with Gasteiger partial charge in [0, 0.05) is 6.54 Å². The molecule has 5 nitrogen and oxygen atoms in total. The quantitative estimate of drug-likeness (QED) is 0.681. The number of aromatic amines is 1. The van der Waals surface area contributed by atoms with Crippen molar-refractivity contribution in [2.24, 2.45) is 5.92 Å². The molecular weight excluding hydrogens is 314 g/mol. The molecule has 2 aromatic carbocycles. The predicted molar refractivity (Wildman–Crippen MR) is 100 cm³/mol. The largest absolute Gasteiger partial charge is 0.493 e. The first-order valence-electron chi connectivity index (χ1n) is 8.51. The normalized spacial score (nSPS) is 12.5. The summed E-state index contributed by atoms with van der Waals surface area (Å²) in [6.45, 7) is 5.11. The van der Waals surface area contributed by atoms with Crippen LogP contribution in [0.3, 0.4) is 0 Å². The van der Waals surface area contributed by atoms with Crippen molar-refractivity contribution in [2.75, 3.05) is 14.2 Å². The smallest absolute Gasteiger partial charge is 0.161 e. The lowest BCUT2D eigenvalue weighted by Crippen LogP contribution is -2.26. The number of benzene rings is 2. The molecule has 5 heteroatoms. The Morgan fingerprint density at radius 1 is 1.04 bits per heavy atom. The molecule has 0 aliphatic heterocycles. The van der Waals surface area contributed by atoms with Gasteiger partial charge in [0.1, 0.15) is 5.82 Å². The summed E-state index contributed by atoms with van der Waals surface area (Å²) in [4.78, 5) is 8.18. The molecule has 1 unspecified atom stereocenters. The zero-order valence-electron chi connectivity index (χ0n) is 15.2. The monoisotopic (exact) mass is 339 g/mol. The SMILES string of the molecule is COc1ccc(CNC(c2nc3ccccc3[nH]2)C(C)C)cc1OC. The molecule has 25 heavy (non-hydrogen) atoms. The van der Waals surface area contributed by atoms with Crippen molar-refractivity contribution in [3.63, 3.8) is 0 Å². The van der Waals surface area contributed by atoms with Gasteiger partial charge in [-0.15, -0.1) is 0 Å². The van der Waals surface area contributed by atoms with Crippen LogP contribution in [-0.4, -0.2) is 24.2 Å². The van der Waals surface area contributed by atoms with Crippen molar-refractivity contribution < 1.29 is 9.47 Å². The van der Waals surface area contributed by atoms with Gasteiger partial charge >= 0.3 is 0 Å². The first-order valence-corrected chi connectivity index (χ1v) is 8.51. The number of H-pyrrole nitrogens is 1. The number of hydrogen-bond donors (Lipinski definition) is 2. The highest BCUT2D eigenvalue weighted by Crippen LogP contribution is 2.28. The Labute approximate surface area is 148 Å². The van der Waals surface area contributed by atoms with Crippen LogP contribution in [0.5, 0.6) is 11.5 Å². The summed E-state index contributed by atoms with van der Waals surface area (Å²) in [5.74, 6) is 2.85. The number of aromatic nitrogens is 2. The minimum atomic E-state index is 0.139. The van der Waals surface area contributed by atoms with Crippen molar-refractivity contribution >= 4 is 11.0 Å². The molecule has 2 N–H and O–H groups in total. The first kappa shape index (κ1) is 17.3. The van der Waals surface area contributed by atoms with Crippen molar-refractivity contribution in [3.05, 3.63) is 53.9 Å². The van der Waals surface area contributed by atoms with Gasteiger partial charge in [0.2, 0.25) is 0 Å². The maximum atomic E-state index is 5.38. The Bertz CT molecular complexity index is 809. The van der Waals surface area contributed by atoms with Crippen LogP contribution in [0, 0.1) is 5.92 Å². The zero-order valence-corrected chi connectivity index (χ0v) is 15.2. The summed E-state index contributed by atoms with van der Waals surface area (Å²) in [5.41, 5.74) is 3.20. The molecular formula is C20H25N3O2. The lowest BCUT2D eigenvalue weighted by molar-refractivity contribution is 0.353. The standard InChI is InChI=1S/C20H25N3O2/c1-13(2)19(20-22-15-7-5-6-8-16(15)23-20)21-12-14-9-10-17(24-3)18(11-14)25-4/h5-11,13,19,21H,12H2,1-4H3,(H,22,23). The van der Waals surface area contributed by atoms with Gasteiger partial charge in [0.25, 0.3) is 0 Å². The van der Waals surface area contributed by atoms with E-state index >= 15 is 0 Å².